The van der Waals surface area contributed by atoms with E-state index < -0.39 is 0 Å². The highest BCUT2D eigenvalue weighted by molar-refractivity contribution is 5.88. The van der Waals surface area contributed by atoms with Gasteiger partial charge in [0.25, 0.3) is 5.95 Å². The van der Waals surface area contributed by atoms with Crippen molar-refractivity contribution in [2.45, 2.75) is 26.5 Å². The van der Waals surface area contributed by atoms with Crippen LogP contribution in [0.2, 0.25) is 0 Å². The molecule has 0 saturated carbocycles. The Bertz CT molecular complexity index is 724. The molecule has 0 saturated heterocycles. The van der Waals surface area contributed by atoms with Crippen LogP contribution in [0.25, 0.3) is 10.8 Å². The van der Waals surface area contributed by atoms with Crippen LogP contribution in [0.15, 0.2) is 36.4 Å². The summed E-state index contributed by atoms with van der Waals surface area (Å²) in [6.07, 6.45) is 0.120. The summed E-state index contributed by atoms with van der Waals surface area (Å²) in [6, 6.07) is 12.3. The fraction of sp³-hybridized carbons (Fsp3) is 0.267. The van der Waals surface area contributed by atoms with Crippen molar-refractivity contribution < 1.29 is 4.74 Å². The van der Waals surface area contributed by atoms with Gasteiger partial charge in [0.15, 0.2) is 0 Å². The first-order valence-electron chi connectivity index (χ1n) is 6.88. The highest BCUT2D eigenvalue weighted by Gasteiger charge is 2.11. The summed E-state index contributed by atoms with van der Waals surface area (Å²) in [5, 5.41) is 19.3. The van der Waals surface area contributed by atoms with E-state index in [1.807, 2.05) is 32.0 Å². The Labute approximate surface area is 122 Å². The maximum atomic E-state index is 5.92. The lowest BCUT2D eigenvalue weighted by molar-refractivity contribution is 0.240. The van der Waals surface area contributed by atoms with Crippen LogP contribution in [0, 0.1) is 0 Å². The highest BCUT2D eigenvalue weighted by atomic mass is 16.5. The van der Waals surface area contributed by atoms with Gasteiger partial charge in [-0.15, -0.1) is 5.10 Å². The van der Waals surface area contributed by atoms with Crippen molar-refractivity contribution in [2.24, 2.45) is 0 Å². The van der Waals surface area contributed by atoms with Crippen LogP contribution in [0.4, 0.5) is 5.95 Å². The van der Waals surface area contributed by atoms with Crippen LogP contribution < -0.4 is 10.1 Å². The van der Waals surface area contributed by atoms with Gasteiger partial charge in [0.05, 0.1) is 6.10 Å². The number of anilines is 1. The second-order valence-electron chi connectivity index (χ2n) is 5.02. The third-order valence-electron chi connectivity index (χ3n) is 3.13. The van der Waals surface area contributed by atoms with E-state index in [-0.39, 0.29) is 6.10 Å². The van der Waals surface area contributed by atoms with Crippen molar-refractivity contribution in [3.63, 3.8) is 0 Å². The van der Waals surface area contributed by atoms with Gasteiger partial charge in [0, 0.05) is 12.1 Å². The molecule has 0 spiro atoms. The molecule has 0 amide bonds. The number of rotatable bonds is 5. The lowest BCUT2D eigenvalue weighted by atomic mass is 10.0. The number of fused-ring (bicyclic) bond motifs is 1. The topological polar surface area (TPSA) is 75.7 Å². The van der Waals surface area contributed by atoms with Gasteiger partial charge in [-0.05, 0) is 35.9 Å². The van der Waals surface area contributed by atoms with E-state index in [1.54, 1.807) is 0 Å². The number of H-pyrrole nitrogens is 1. The number of hydrogen-bond donors (Lipinski definition) is 2. The van der Waals surface area contributed by atoms with E-state index >= 15 is 0 Å². The molecule has 0 aliphatic rings. The molecular formula is C15H17N5O. The highest BCUT2D eigenvalue weighted by Crippen LogP contribution is 2.29. The summed E-state index contributed by atoms with van der Waals surface area (Å²) in [5.41, 5.74) is 1.09. The Morgan fingerprint density at radius 3 is 2.81 bits per heavy atom. The van der Waals surface area contributed by atoms with Gasteiger partial charge in [-0.2, -0.15) is 5.21 Å². The summed E-state index contributed by atoms with van der Waals surface area (Å²) < 4.78 is 5.92. The van der Waals surface area contributed by atoms with Crippen LogP contribution in [0.5, 0.6) is 5.75 Å². The first-order chi connectivity index (χ1) is 10.2. The van der Waals surface area contributed by atoms with Gasteiger partial charge in [-0.3, -0.25) is 0 Å². The molecule has 0 fully saturated rings. The smallest absolute Gasteiger partial charge is 0.263 e. The Balaban J connectivity index is 1.98. The van der Waals surface area contributed by atoms with E-state index in [0.717, 1.165) is 16.7 Å². The Morgan fingerprint density at radius 2 is 2.05 bits per heavy atom. The number of nitrogens with zero attached hydrogens (tertiary/aromatic N) is 3. The van der Waals surface area contributed by atoms with Crippen molar-refractivity contribution in [1.82, 2.24) is 20.6 Å². The zero-order valence-corrected chi connectivity index (χ0v) is 12.0. The summed E-state index contributed by atoms with van der Waals surface area (Å²) in [7, 11) is 0. The molecule has 6 heteroatoms. The number of tetrazole rings is 1. The van der Waals surface area contributed by atoms with Crippen LogP contribution in [-0.4, -0.2) is 26.7 Å². The van der Waals surface area contributed by atoms with Crippen LogP contribution in [-0.2, 0) is 6.54 Å². The predicted octanol–water partition coefficient (Wildman–Crippen LogP) is 2.75. The Hall–Kier alpha value is -2.63. The monoisotopic (exact) mass is 283 g/mol. The van der Waals surface area contributed by atoms with Crippen LogP contribution in [0.1, 0.15) is 19.4 Å². The maximum absolute atomic E-state index is 5.92. The van der Waals surface area contributed by atoms with E-state index in [9.17, 15) is 0 Å². The fourth-order valence-corrected chi connectivity index (χ4v) is 2.27. The molecule has 2 N–H and O–H groups in total. The van der Waals surface area contributed by atoms with Gasteiger partial charge in [-0.1, -0.05) is 35.4 Å². The number of hydrogen-bond acceptors (Lipinski definition) is 5. The standard InChI is InChI=1S/C15H17N5O/c1-10(2)21-14-8-7-11-5-3-4-6-12(11)13(14)9-16-15-17-19-20-18-15/h3-8,10H,9H2,1-2H3,(H2,16,17,18,19,20). The Kier molecular flexibility index (Phi) is 3.68. The van der Waals surface area contributed by atoms with Crippen molar-refractivity contribution in [3.05, 3.63) is 42.0 Å². The second-order valence-corrected chi connectivity index (χ2v) is 5.02. The van der Waals surface area contributed by atoms with Crippen LogP contribution in [0.3, 0.4) is 0 Å². The first-order valence-corrected chi connectivity index (χ1v) is 6.88. The van der Waals surface area contributed by atoms with Crippen molar-refractivity contribution >= 4 is 16.7 Å². The molecule has 21 heavy (non-hydrogen) atoms. The summed E-state index contributed by atoms with van der Waals surface area (Å²) >= 11 is 0. The van der Waals surface area contributed by atoms with E-state index in [1.165, 1.54) is 5.39 Å². The first kappa shape index (κ1) is 13.4. The molecule has 0 radical (unpaired) electrons. The van der Waals surface area contributed by atoms with Gasteiger partial charge in [0.2, 0.25) is 0 Å². The Morgan fingerprint density at radius 1 is 1.19 bits per heavy atom. The molecule has 1 heterocycles. The molecule has 0 aliphatic carbocycles. The molecular weight excluding hydrogens is 266 g/mol. The molecule has 0 unspecified atom stereocenters. The predicted molar refractivity (Wildman–Crippen MR) is 81.2 cm³/mol. The number of aromatic nitrogens is 4. The quantitative estimate of drug-likeness (QED) is 0.753. The minimum Gasteiger partial charge on any atom is -0.491 e. The number of benzene rings is 2. The molecule has 3 rings (SSSR count). The molecule has 2 aromatic carbocycles. The maximum Gasteiger partial charge on any atom is 0.263 e. The minimum atomic E-state index is 0.120. The molecule has 0 aliphatic heterocycles. The summed E-state index contributed by atoms with van der Waals surface area (Å²) in [4.78, 5) is 0. The van der Waals surface area contributed by atoms with E-state index in [0.29, 0.717) is 12.5 Å². The molecule has 1 aromatic heterocycles. The molecule has 0 bridgehead atoms. The van der Waals surface area contributed by atoms with Gasteiger partial charge >= 0.3 is 0 Å². The van der Waals surface area contributed by atoms with Gasteiger partial charge in [-0.25, -0.2) is 0 Å². The van der Waals surface area contributed by atoms with Crippen molar-refractivity contribution in [1.29, 1.82) is 0 Å². The van der Waals surface area contributed by atoms with Crippen LogP contribution >= 0.6 is 0 Å². The lowest BCUT2D eigenvalue weighted by Crippen LogP contribution is -2.10. The molecule has 108 valence electrons. The molecule has 6 nitrogen and oxygen atoms in total. The normalized spacial score (nSPS) is 11.0. The average molecular weight is 283 g/mol. The third-order valence-corrected chi connectivity index (χ3v) is 3.13. The van der Waals surface area contributed by atoms with E-state index in [2.05, 4.69) is 44.1 Å². The third kappa shape index (κ3) is 2.94. The fourth-order valence-electron chi connectivity index (χ4n) is 2.27. The van der Waals surface area contributed by atoms with Gasteiger partial charge < -0.3 is 10.1 Å². The second kappa shape index (κ2) is 5.78. The molecule has 0 atom stereocenters. The lowest BCUT2D eigenvalue weighted by Gasteiger charge is -2.16. The summed E-state index contributed by atoms with van der Waals surface area (Å²) in [5.74, 6) is 1.35. The zero-order valence-electron chi connectivity index (χ0n) is 12.0. The number of aromatic amines is 1. The summed E-state index contributed by atoms with van der Waals surface area (Å²) in [6.45, 7) is 4.61. The largest absolute Gasteiger partial charge is 0.491 e. The zero-order chi connectivity index (χ0) is 14.7. The minimum absolute atomic E-state index is 0.120. The van der Waals surface area contributed by atoms with Crippen molar-refractivity contribution in [3.8, 4) is 5.75 Å². The van der Waals surface area contributed by atoms with E-state index in [4.69, 9.17) is 4.74 Å². The SMILES string of the molecule is CC(C)Oc1ccc2ccccc2c1CNc1nn[nH]n1. The number of nitrogens with one attached hydrogen (secondary N) is 2. The van der Waals surface area contributed by atoms with Crippen molar-refractivity contribution in [2.75, 3.05) is 5.32 Å². The average Bonchev–Trinajstić information content (AvgIpc) is 2.99. The molecule has 3 aromatic rings. The number of ether oxygens (including phenoxy) is 1. The van der Waals surface area contributed by atoms with Gasteiger partial charge in [0.1, 0.15) is 5.75 Å².